The summed E-state index contributed by atoms with van der Waals surface area (Å²) < 4.78 is 0. The van der Waals surface area contributed by atoms with E-state index in [-0.39, 0.29) is 5.91 Å². The van der Waals surface area contributed by atoms with E-state index >= 15 is 0 Å². The topological polar surface area (TPSA) is 20.3 Å². The highest BCUT2D eigenvalue weighted by Gasteiger charge is 2.22. The van der Waals surface area contributed by atoms with Crippen molar-refractivity contribution < 1.29 is 4.79 Å². The third-order valence-electron chi connectivity index (χ3n) is 3.71. The van der Waals surface area contributed by atoms with Gasteiger partial charge >= 0.3 is 0 Å². The highest BCUT2D eigenvalue weighted by Crippen LogP contribution is 2.28. The first-order valence-electron chi connectivity index (χ1n) is 6.84. The minimum absolute atomic E-state index is 0.0956. The number of amides is 1. The van der Waals surface area contributed by atoms with E-state index in [0.717, 1.165) is 36.0 Å². The van der Waals surface area contributed by atoms with Gasteiger partial charge in [-0.25, -0.2) is 0 Å². The Morgan fingerprint density at radius 3 is 2.60 bits per heavy atom. The molecule has 0 aliphatic carbocycles. The molecule has 0 radical (unpaired) electrons. The summed E-state index contributed by atoms with van der Waals surface area (Å²) in [4.78, 5) is 14.6. The molecule has 2 aromatic carbocycles. The molecular weight excluding hydrogens is 314 g/mol. The molecule has 0 saturated heterocycles. The lowest BCUT2D eigenvalue weighted by Crippen LogP contribution is -2.35. The Bertz CT molecular complexity index is 621. The average molecular weight is 330 g/mol. The molecule has 20 heavy (non-hydrogen) atoms. The zero-order valence-corrected chi connectivity index (χ0v) is 12.8. The highest BCUT2D eigenvalue weighted by atomic mass is 79.9. The summed E-state index contributed by atoms with van der Waals surface area (Å²) in [6.07, 6.45) is 2.09. The van der Waals surface area contributed by atoms with E-state index in [1.807, 2.05) is 47.4 Å². The van der Waals surface area contributed by atoms with Gasteiger partial charge in [-0.2, -0.15) is 0 Å². The van der Waals surface area contributed by atoms with Crippen LogP contribution in [0.4, 0.5) is 5.69 Å². The maximum atomic E-state index is 12.7. The minimum Gasteiger partial charge on any atom is -0.308 e. The Kier molecular flexibility index (Phi) is 3.88. The van der Waals surface area contributed by atoms with Gasteiger partial charge in [-0.1, -0.05) is 46.3 Å². The molecule has 0 saturated carbocycles. The smallest absolute Gasteiger partial charge is 0.258 e. The van der Waals surface area contributed by atoms with E-state index < -0.39 is 0 Å². The predicted octanol–water partition coefficient (Wildman–Crippen LogP) is 4.17. The lowest BCUT2D eigenvalue weighted by molar-refractivity contribution is 0.0985. The van der Waals surface area contributed by atoms with Crippen molar-refractivity contribution in [2.75, 3.05) is 11.4 Å². The largest absolute Gasteiger partial charge is 0.308 e. The van der Waals surface area contributed by atoms with E-state index in [1.54, 1.807) is 0 Å². The van der Waals surface area contributed by atoms with Crippen molar-refractivity contribution in [2.45, 2.75) is 18.2 Å². The molecule has 0 N–H and O–H groups in total. The van der Waals surface area contributed by atoms with Crippen LogP contribution in [0, 0.1) is 0 Å². The van der Waals surface area contributed by atoms with Crippen molar-refractivity contribution in [1.29, 1.82) is 0 Å². The number of halogens is 1. The molecular formula is C17H16BrNO. The van der Waals surface area contributed by atoms with Crippen LogP contribution in [0.2, 0.25) is 0 Å². The first kappa shape index (κ1) is 13.4. The number of aryl methyl sites for hydroxylation is 1. The van der Waals surface area contributed by atoms with E-state index in [0.29, 0.717) is 0 Å². The molecule has 102 valence electrons. The van der Waals surface area contributed by atoms with Gasteiger partial charge in [-0.05, 0) is 42.2 Å². The standard InChI is InChI=1S/C17H16BrNO/c18-12-13-7-9-15(10-8-13)17(20)19-11-3-5-14-4-1-2-6-16(14)19/h1-2,4,6-10H,3,5,11-12H2. The van der Waals surface area contributed by atoms with Crippen LogP contribution in [-0.4, -0.2) is 12.5 Å². The van der Waals surface area contributed by atoms with Crippen LogP contribution in [-0.2, 0) is 11.8 Å². The number of carbonyl (C=O) groups excluding carboxylic acids is 1. The summed E-state index contributed by atoms with van der Waals surface area (Å²) >= 11 is 3.42. The zero-order chi connectivity index (χ0) is 13.9. The second kappa shape index (κ2) is 5.80. The first-order chi connectivity index (χ1) is 9.79. The van der Waals surface area contributed by atoms with E-state index in [9.17, 15) is 4.79 Å². The Hall–Kier alpha value is -1.61. The Morgan fingerprint density at radius 2 is 1.85 bits per heavy atom. The van der Waals surface area contributed by atoms with Crippen LogP contribution in [0.15, 0.2) is 48.5 Å². The van der Waals surface area contributed by atoms with Gasteiger partial charge in [0.05, 0.1) is 0 Å². The molecule has 1 amide bonds. The molecule has 1 aliphatic heterocycles. The van der Waals surface area contributed by atoms with Crippen molar-refractivity contribution in [2.24, 2.45) is 0 Å². The summed E-state index contributed by atoms with van der Waals surface area (Å²) in [5.74, 6) is 0.0956. The molecule has 1 heterocycles. The Labute approximate surface area is 127 Å². The number of benzene rings is 2. The lowest BCUT2D eigenvalue weighted by atomic mass is 10.0. The van der Waals surface area contributed by atoms with E-state index in [2.05, 4.69) is 22.0 Å². The summed E-state index contributed by atoms with van der Waals surface area (Å²) in [7, 11) is 0. The Balaban J connectivity index is 1.91. The molecule has 2 nitrogen and oxygen atoms in total. The predicted molar refractivity (Wildman–Crippen MR) is 85.5 cm³/mol. The molecule has 2 aromatic rings. The molecule has 0 unspecified atom stereocenters. The van der Waals surface area contributed by atoms with Gasteiger partial charge < -0.3 is 4.90 Å². The second-order valence-corrected chi connectivity index (χ2v) is 5.58. The van der Waals surface area contributed by atoms with Crippen LogP contribution in [0.5, 0.6) is 0 Å². The number of hydrogen-bond acceptors (Lipinski definition) is 1. The van der Waals surface area contributed by atoms with Gasteiger partial charge in [0.15, 0.2) is 0 Å². The summed E-state index contributed by atoms with van der Waals surface area (Å²) in [6, 6.07) is 16.0. The molecule has 0 aromatic heterocycles. The molecule has 0 fully saturated rings. The summed E-state index contributed by atoms with van der Waals surface area (Å²) in [5.41, 5.74) is 4.27. The normalized spacial score (nSPS) is 13.9. The Morgan fingerprint density at radius 1 is 1.10 bits per heavy atom. The van der Waals surface area contributed by atoms with E-state index in [1.165, 1.54) is 11.1 Å². The third kappa shape index (κ3) is 2.50. The number of carbonyl (C=O) groups is 1. The van der Waals surface area contributed by atoms with Gasteiger partial charge in [0.2, 0.25) is 0 Å². The van der Waals surface area contributed by atoms with Crippen LogP contribution in [0.25, 0.3) is 0 Å². The fourth-order valence-electron chi connectivity index (χ4n) is 2.64. The number of nitrogens with zero attached hydrogens (tertiary/aromatic N) is 1. The highest BCUT2D eigenvalue weighted by molar-refractivity contribution is 9.08. The van der Waals surface area contributed by atoms with Gasteiger partial charge in [0.1, 0.15) is 0 Å². The first-order valence-corrected chi connectivity index (χ1v) is 7.96. The molecule has 3 rings (SSSR count). The number of alkyl halides is 1. The molecule has 3 heteroatoms. The van der Waals surface area contributed by atoms with Crippen LogP contribution >= 0.6 is 15.9 Å². The lowest BCUT2D eigenvalue weighted by Gasteiger charge is -2.29. The summed E-state index contributed by atoms with van der Waals surface area (Å²) in [5, 5.41) is 0.814. The second-order valence-electron chi connectivity index (χ2n) is 5.02. The SMILES string of the molecule is O=C(c1ccc(CBr)cc1)N1CCCc2ccccc21. The summed E-state index contributed by atoms with van der Waals surface area (Å²) in [6.45, 7) is 0.802. The maximum absolute atomic E-state index is 12.7. The van der Waals surface area contributed by atoms with Gasteiger partial charge in [-0.15, -0.1) is 0 Å². The average Bonchev–Trinajstić information content (AvgIpc) is 2.54. The van der Waals surface area contributed by atoms with E-state index in [4.69, 9.17) is 0 Å². The number of fused-ring (bicyclic) bond motifs is 1. The fraction of sp³-hybridized carbons (Fsp3) is 0.235. The monoisotopic (exact) mass is 329 g/mol. The molecule has 0 spiro atoms. The molecule has 1 aliphatic rings. The van der Waals surface area contributed by atoms with Crippen molar-refractivity contribution in [3.8, 4) is 0 Å². The van der Waals surface area contributed by atoms with Gasteiger partial charge in [0, 0.05) is 23.1 Å². The number of anilines is 1. The van der Waals surface area contributed by atoms with Gasteiger partial charge in [0.25, 0.3) is 5.91 Å². The fourth-order valence-corrected chi connectivity index (χ4v) is 3.01. The van der Waals surface area contributed by atoms with Crippen molar-refractivity contribution in [1.82, 2.24) is 0 Å². The van der Waals surface area contributed by atoms with Gasteiger partial charge in [-0.3, -0.25) is 4.79 Å². The minimum atomic E-state index is 0.0956. The zero-order valence-electron chi connectivity index (χ0n) is 11.2. The number of rotatable bonds is 2. The molecule has 0 bridgehead atoms. The van der Waals surface area contributed by atoms with Crippen LogP contribution in [0.1, 0.15) is 27.9 Å². The van der Waals surface area contributed by atoms with Crippen molar-refractivity contribution in [3.05, 3.63) is 65.2 Å². The number of hydrogen-bond donors (Lipinski definition) is 0. The van der Waals surface area contributed by atoms with Crippen LogP contribution < -0.4 is 4.90 Å². The quantitative estimate of drug-likeness (QED) is 0.757. The van der Waals surface area contributed by atoms with Crippen LogP contribution in [0.3, 0.4) is 0 Å². The number of para-hydroxylation sites is 1. The van der Waals surface area contributed by atoms with Crippen molar-refractivity contribution in [3.63, 3.8) is 0 Å². The molecule has 0 atom stereocenters. The maximum Gasteiger partial charge on any atom is 0.258 e. The van der Waals surface area contributed by atoms with Crippen molar-refractivity contribution >= 4 is 27.5 Å². The third-order valence-corrected chi connectivity index (χ3v) is 4.36.